The molecule has 1 atom stereocenters. The highest BCUT2D eigenvalue weighted by atomic mass is 16.2. The first-order chi connectivity index (χ1) is 10.1. The van der Waals surface area contributed by atoms with Crippen LogP contribution in [0.3, 0.4) is 0 Å². The maximum Gasteiger partial charge on any atom is 0.231 e. The number of hydrogen-bond donors (Lipinski definition) is 2. The molecule has 1 saturated heterocycles. The van der Waals surface area contributed by atoms with Gasteiger partial charge in [-0.05, 0) is 64.4 Å². The normalized spacial score (nSPS) is 21.9. The molecule has 2 rings (SSSR count). The molecule has 2 N–H and O–H groups in total. The molecule has 0 aromatic heterocycles. The zero-order chi connectivity index (χ0) is 15.3. The van der Waals surface area contributed by atoms with E-state index in [4.69, 9.17) is 0 Å². The summed E-state index contributed by atoms with van der Waals surface area (Å²) in [6.07, 6.45) is 2.01. The number of carbonyl (C=O) groups is 1. The van der Waals surface area contributed by atoms with Crippen molar-refractivity contribution >= 4 is 17.3 Å². The Morgan fingerprint density at radius 3 is 2.48 bits per heavy atom. The van der Waals surface area contributed by atoms with Gasteiger partial charge in [-0.15, -0.1) is 0 Å². The maximum absolute atomic E-state index is 12.5. The summed E-state index contributed by atoms with van der Waals surface area (Å²) in [5.41, 5.74) is 1.78. The van der Waals surface area contributed by atoms with E-state index in [9.17, 15) is 4.79 Å². The first kappa shape index (κ1) is 15.8. The van der Waals surface area contributed by atoms with Gasteiger partial charge < -0.3 is 15.5 Å². The molecule has 0 radical (unpaired) electrons. The molecule has 1 fully saturated rings. The molecule has 1 heterocycles. The number of benzene rings is 1. The lowest BCUT2D eigenvalue weighted by molar-refractivity contribution is -0.125. The van der Waals surface area contributed by atoms with Crippen molar-refractivity contribution in [2.24, 2.45) is 5.41 Å². The molecule has 0 saturated carbocycles. The average molecular weight is 289 g/mol. The monoisotopic (exact) mass is 289 g/mol. The van der Waals surface area contributed by atoms with Crippen molar-refractivity contribution < 1.29 is 4.79 Å². The van der Waals surface area contributed by atoms with Crippen LogP contribution in [-0.4, -0.2) is 32.1 Å². The van der Waals surface area contributed by atoms with E-state index >= 15 is 0 Å². The number of hydrogen-bond acceptors (Lipinski definition) is 3. The van der Waals surface area contributed by atoms with Crippen LogP contribution >= 0.6 is 0 Å². The molecular weight excluding hydrogens is 262 g/mol. The second-order valence-electron chi connectivity index (χ2n) is 6.01. The minimum Gasteiger partial charge on any atom is -0.372 e. The highest BCUT2D eigenvalue weighted by molar-refractivity contribution is 5.95. The Morgan fingerprint density at radius 2 is 1.95 bits per heavy atom. The lowest BCUT2D eigenvalue weighted by Crippen LogP contribution is -2.46. The Labute approximate surface area is 127 Å². The van der Waals surface area contributed by atoms with Crippen molar-refractivity contribution in [2.45, 2.75) is 33.6 Å². The third-order valence-corrected chi connectivity index (χ3v) is 4.40. The number of nitrogens with zero attached hydrogens (tertiary/aromatic N) is 1. The Bertz CT molecular complexity index is 459. The Hall–Kier alpha value is -1.55. The third-order valence-electron chi connectivity index (χ3n) is 4.40. The number of amides is 1. The van der Waals surface area contributed by atoms with Gasteiger partial charge >= 0.3 is 0 Å². The van der Waals surface area contributed by atoms with Crippen LogP contribution in [0.1, 0.15) is 33.6 Å². The van der Waals surface area contributed by atoms with Crippen LogP contribution in [0, 0.1) is 5.41 Å². The minimum absolute atomic E-state index is 0.116. The molecule has 0 aliphatic carbocycles. The molecule has 1 aliphatic heterocycles. The van der Waals surface area contributed by atoms with Crippen LogP contribution in [0.4, 0.5) is 11.4 Å². The van der Waals surface area contributed by atoms with E-state index < -0.39 is 0 Å². The molecule has 1 unspecified atom stereocenters. The van der Waals surface area contributed by atoms with Gasteiger partial charge in [0.05, 0.1) is 5.41 Å². The van der Waals surface area contributed by atoms with Gasteiger partial charge in [-0.25, -0.2) is 0 Å². The molecule has 21 heavy (non-hydrogen) atoms. The highest BCUT2D eigenvalue weighted by Crippen LogP contribution is 2.27. The first-order valence-electron chi connectivity index (χ1n) is 7.96. The lowest BCUT2D eigenvalue weighted by atomic mass is 9.82. The zero-order valence-corrected chi connectivity index (χ0v) is 13.4. The number of nitrogens with one attached hydrogen (secondary N) is 2. The summed E-state index contributed by atoms with van der Waals surface area (Å²) in [4.78, 5) is 14.7. The van der Waals surface area contributed by atoms with Gasteiger partial charge in [0.15, 0.2) is 0 Å². The van der Waals surface area contributed by atoms with Gasteiger partial charge in [-0.2, -0.15) is 0 Å². The molecule has 4 heteroatoms. The Balaban J connectivity index is 2.01. The summed E-state index contributed by atoms with van der Waals surface area (Å²) in [6.45, 7) is 10.1. The van der Waals surface area contributed by atoms with Gasteiger partial charge in [0.1, 0.15) is 0 Å². The van der Waals surface area contributed by atoms with Gasteiger partial charge in [-0.1, -0.05) is 0 Å². The van der Waals surface area contributed by atoms with Crippen LogP contribution in [-0.2, 0) is 4.79 Å². The predicted octanol–water partition coefficient (Wildman–Crippen LogP) is 2.86. The van der Waals surface area contributed by atoms with E-state index in [0.717, 1.165) is 44.7 Å². The van der Waals surface area contributed by atoms with E-state index in [1.165, 1.54) is 5.69 Å². The standard InChI is InChI=1S/C17H27N3O/c1-4-20(5-2)15-9-7-14(8-10-15)19-16(21)17(3)11-6-12-18-13-17/h7-10,18H,4-6,11-13H2,1-3H3,(H,19,21). The molecule has 0 bridgehead atoms. The average Bonchev–Trinajstić information content (AvgIpc) is 2.51. The molecule has 1 aromatic rings. The van der Waals surface area contributed by atoms with Gasteiger partial charge in [-0.3, -0.25) is 4.79 Å². The van der Waals surface area contributed by atoms with E-state index in [0.29, 0.717) is 0 Å². The van der Waals surface area contributed by atoms with Crippen molar-refractivity contribution in [1.29, 1.82) is 0 Å². The summed E-state index contributed by atoms with van der Waals surface area (Å²) in [5.74, 6) is 0.116. The van der Waals surface area contributed by atoms with Crippen molar-refractivity contribution in [2.75, 3.05) is 36.4 Å². The summed E-state index contributed by atoms with van der Waals surface area (Å²) in [6, 6.07) is 8.13. The van der Waals surface area contributed by atoms with E-state index in [1.54, 1.807) is 0 Å². The Morgan fingerprint density at radius 1 is 1.29 bits per heavy atom. The molecule has 1 aromatic carbocycles. The summed E-state index contributed by atoms with van der Waals surface area (Å²) >= 11 is 0. The van der Waals surface area contributed by atoms with Gasteiger partial charge in [0, 0.05) is 31.0 Å². The molecule has 0 spiro atoms. The smallest absolute Gasteiger partial charge is 0.231 e. The minimum atomic E-state index is -0.296. The third kappa shape index (κ3) is 3.76. The summed E-state index contributed by atoms with van der Waals surface area (Å²) in [5, 5.41) is 6.37. The van der Waals surface area contributed by atoms with E-state index in [1.807, 2.05) is 19.1 Å². The van der Waals surface area contributed by atoms with Crippen LogP contribution in [0.15, 0.2) is 24.3 Å². The topological polar surface area (TPSA) is 44.4 Å². The fraction of sp³-hybridized carbons (Fsp3) is 0.588. The number of anilines is 2. The molecule has 116 valence electrons. The molecule has 1 aliphatic rings. The van der Waals surface area contributed by atoms with Crippen molar-refractivity contribution in [3.63, 3.8) is 0 Å². The second kappa shape index (κ2) is 6.94. The summed E-state index contributed by atoms with van der Waals surface area (Å²) in [7, 11) is 0. The fourth-order valence-corrected chi connectivity index (χ4v) is 2.88. The lowest BCUT2D eigenvalue weighted by Gasteiger charge is -2.32. The van der Waals surface area contributed by atoms with Crippen LogP contribution in [0.2, 0.25) is 0 Å². The zero-order valence-electron chi connectivity index (χ0n) is 13.4. The van der Waals surface area contributed by atoms with Gasteiger partial charge in [0.2, 0.25) is 5.91 Å². The van der Waals surface area contributed by atoms with E-state index in [2.05, 4.69) is 41.5 Å². The fourth-order valence-electron chi connectivity index (χ4n) is 2.88. The molecule has 1 amide bonds. The SMILES string of the molecule is CCN(CC)c1ccc(NC(=O)C2(C)CCCNC2)cc1. The number of carbonyl (C=O) groups excluding carboxylic acids is 1. The number of rotatable bonds is 5. The van der Waals surface area contributed by atoms with Gasteiger partial charge in [0.25, 0.3) is 0 Å². The molecule has 4 nitrogen and oxygen atoms in total. The predicted molar refractivity (Wildman–Crippen MR) is 88.8 cm³/mol. The quantitative estimate of drug-likeness (QED) is 0.876. The van der Waals surface area contributed by atoms with Crippen LogP contribution in [0.5, 0.6) is 0 Å². The maximum atomic E-state index is 12.5. The van der Waals surface area contributed by atoms with E-state index in [-0.39, 0.29) is 11.3 Å². The first-order valence-corrected chi connectivity index (χ1v) is 7.96. The van der Waals surface area contributed by atoms with Crippen LogP contribution in [0.25, 0.3) is 0 Å². The summed E-state index contributed by atoms with van der Waals surface area (Å²) < 4.78 is 0. The highest BCUT2D eigenvalue weighted by Gasteiger charge is 2.34. The largest absolute Gasteiger partial charge is 0.372 e. The Kier molecular flexibility index (Phi) is 5.23. The second-order valence-corrected chi connectivity index (χ2v) is 6.01. The van der Waals surface area contributed by atoms with Crippen molar-refractivity contribution in [3.05, 3.63) is 24.3 Å². The number of piperidine rings is 1. The van der Waals surface area contributed by atoms with Crippen molar-refractivity contribution in [3.8, 4) is 0 Å². The van der Waals surface area contributed by atoms with Crippen LogP contribution < -0.4 is 15.5 Å². The molecular formula is C17H27N3O. The van der Waals surface area contributed by atoms with Crippen molar-refractivity contribution in [1.82, 2.24) is 5.32 Å².